The van der Waals surface area contributed by atoms with E-state index in [0.717, 1.165) is 0 Å². The fourth-order valence-corrected chi connectivity index (χ4v) is 6.54. The van der Waals surface area contributed by atoms with Crippen LogP contribution in [0.15, 0.2) is 12.4 Å². The maximum atomic E-state index is 2.70. The Morgan fingerprint density at radius 1 is 0.325 bits per heavy atom. The van der Waals surface area contributed by atoms with Crippen molar-refractivity contribution in [2.75, 3.05) is 13.1 Å². The van der Waals surface area contributed by atoms with E-state index in [4.69, 9.17) is 0 Å². The standard InChI is InChI=1S/C38H76N2/c1-4-7-10-12-14-16-18-20-22-24-26-28-30-33-38-39(34-31-9-6-3)36-37-40(38)35-32-29-27-25-23-21-19-17-15-13-11-8-5-2/h36-38H,4-35H2,1-3H3. The van der Waals surface area contributed by atoms with Crippen LogP contribution in [0.25, 0.3) is 0 Å². The van der Waals surface area contributed by atoms with Crippen LogP contribution in [0.3, 0.4) is 0 Å². The molecule has 0 fully saturated rings. The van der Waals surface area contributed by atoms with Gasteiger partial charge in [-0.25, -0.2) is 0 Å². The number of nitrogens with zero attached hydrogens (tertiary/aromatic N) is 2. The molecule has 0 aromatic heterocycles. The number of rotatable bonds is 32. The maximum Gasteiger partial charge on any atom is 0.101 e. The van der Waals surface area contributed by atoms with Gasteiger partial charge in [-0.1, -0.05) is 188 Å². The molecule has 0 aromatic carbocycles. The van der Waals surface area contributed by atoms with Crippen molar-refractivity contribution in [3.8, 4) is 0 Å². The van der Waals surface area contributed by atoms with E-state index in [1.165, 1.54) is 206 Å². The zero-order valence-corrected chi connectivity index (χ0v) is 28.3. The van der Waals surface area contributed by atoms with E-state index in [1.54, 1.807) is 0 Å². The van der Waals surface area contributed by atoms with Crippen molar-refractivity contribution < 1.29 is 0 Å². The molecule has 2 heteroatoms. The molecule has 0 amide bonds. The fraction of sp³-hybridized carbons (Fsp3) is 0.947. The summed E-state index contributed by atoms with van der Waals surface area (Å²) in [6, 6.07) is 0. The van der Waals surface area contributed by atoms with Crippen molar-refractivity contribution in [2.24, 2.45) is 0 Å². The van der Waals surface area contributed by atoms with Crippen molar-refractivity contribution in [3.63, 3.8) is 0 Å². The van der Waals surface area contributed by atoms with E-state index in [1.807, 2.05) is 0 Å². The van der Waals surface area contributed by atoms with Crippen LogP contribution in [0.1, 0.15) is 213 Å². The topological polar surface area (TPSA) is 6.48 Å². The first-order valence-electron chi connectivity index (χ1n) is 19.0. The second kappa shape index (κ2) is 29.8. The lowest BCUT2D eigenvalue weighted by Crippen LogP contribution is -2.39. The molecule has 0 aliphatic carbocycles. The van der Waals surface area contributed by atoms with Crippen molar-refractivity contribution in [2.45, 2.75) is 220 Å². The van der Waals surface area contributed by atoms with E-state index in [-0.39, 0.29) is 0 Å². The van der Waals surface area contributed by atoms with Gasteiger partial charge >= 0.3 is 0 Å². The van der Waals surface area contributed by atoms with Gasteiger partial charge < -0.3 is 9.80 Å². The molecule has 1 heterocycles. The first-order valence-corrected chi connectivity index (χ1v) is 19.0. The lowest BCUT2D eigenvalue weighted by molar-refractivity contribution is 0.135. The third-order valence-corrected chi connectivity index (χ3v) is 9.32. The Morgan fingerprint density at radius 2 is 0.575 bits per heavy atom. The Hall–Kier alpha value is -0.660. The molecule has 1 aliphatic heterocycles. The lowest BCUT2D eigenvalue weighted by Gasteiger charge is -2.33. The molecule has 40 heavy (non-hydrogen) atoms. The first kappa shape index (κ1) is 37.4. The second-order valence-electron chi connectivity index (χ2n) is 13.2. The van der Waals surface area contributed by atoms with Crippen LogP contribution in [-0.4, -0.2) is 29.1 Å². The summed E-state index contributed by atoms with van der Waals surface area (Å²) >= 11 is 0. The van der Waals surface area contributed by atoms with Crippen molar-refractivity contribution >= 4 is 0 Å². The zero-order chi connectivity index (χ0) is 28.8. The van der Waals surface area contributed by atoms with Gasteiger partial charge in [-0.2, -0.15) is 0 Å². The Morgan fingerprint density at radius 3 is 0.925 bits per heavy atom. The molecule has 0 aromatic rings. The van der Waals surface area contributed by atoms with Gasteiger partial charge in [0.05, 0.1) is 0 Å². The van der Waals surface area contributed by atoms with Crippen molar-refractivity contribution in [3.05, 3.63) is 12.4 Å². The molecular weight excluding hydrogens is 484 g/mol. The fourth-order valence-electron chi connectivity index (χ4n) is 6.54. The predicted molar refractivity (Wildman–Crippen MR) is 182 cm³/mol. The quantitative estimate of drug-likeness (QED) is 0.0755. The average Bonchev–Trinajstić information content (AvgIpc) is 3.35. The molecule has 0 N–H and O–H groups in total. The molecule has 1 rings (SSSR count). The molecule has 0 spiro atoms. The van der Waals surface area contributed by atoms with Crippen LogP contribution in [0, 0.1) is 0 Å². The SMILES string of the molecule is CCCCCCCCCCCCCCCC1N(CCCCC)C=CN1CCCCCCCCCCCCCCC. The molecule has 0 radical (unpaired) electrons. The van der Waals surface area contributed by atoms with Gasteiger partial charge in [-0.05, 0) is 25.7 Å². The highest BCUT2D eigenvalue weighted by Crippen LogP contribution is 2.24. The summed E-state index contributed by atoms with van der Waals surface area (Å²) in [6.45, 7) is 9.46. The summed E-state index contributed by atoms with van der Waals surface area (Å²) in [5.41, 5.74) is 0. The van der Waals surface area contributed by atoms with Gasteiger partial charge in [-0.3, -0.25) is 0 Å². The van der Waals surface area contributed by atoms with Crippen LogP contribution < -0.4 is 0 Å². The molecule has 1 unspecified atom stereocenters. The Bertz CT molecular complexity index is 516. The first-order chi connectivity index (χ1) is 19.8. The van der Waals surface area contributed by atoms with E-state index in [2.05, 4.69) is 43.0 Å². The highest BCUT2D eigenvalue weighted by molar-refractivity contribution is 4.97. The van der Waals surface area contributed by atoms with E-state index >= 15 is 0 Å². The van der Waals surface area contributed by atoms with Crippen LogP contribution in [0.4, 0.5) is 0 Å². The summed E-state index contributed by atoms with van der Waals surface area (Å²) in [6.07, 6.45) is 48.5. The molecule has 0 bridgehead atoms. The smallest absolute Gasteiger partial charge is 0.101 e. The molecule has 0 saturated heterocycles. The van der Waals surface area contributed by atoms with Crippen LogP contribution in [0.2, 0.25) is 0 Å². The average molecular weight is 561 g/mol. The molecular formula is C38H76N2. The Labute approximate surface area is 254 Å². The molecule has 238 valence electrons. The van der Waals surface area contributed by atoms with Crippen molar-refractivity contribution in [1.82, 2.24) is 9.80 Å². The largest absolute Gasteiger partial charge is 0.356 e. The third-order valence-electron chi connectivity index (χ3n) is 9.32. The van der Waals surface area contributed by atoms with E-state index in [9.17, 15) is 0 Å². The molecule has 1 aliphatic rings. The lowest BCUT2D eigenvalue weighted by atomic mass is 10.0. The number of unbranched alkanes of at least 4 members (excludes halogenated alkanes) is 26. The minimum absolute atomic E-state index is 0.641. The normalized spacial score (nSPS) is 15.1. The molecule has 1 atom stereocenters. The van der Waals surface area contributed by atoms with Gasteiger partial charge in [0.1, 0.15) is 6.17 Å². The van der Waals surface area contributed by atoms with Crippen LogP contribution in [-0.2, 0) is 0 Å². The third kappa shape index (κ3) is 22.0. The predicted octanol–water partition coefficient (Wildman–Crippen LogP) is 13.2. The summed E-state index contributed by atoms with van der Waals surface area (Å²) in [5, 5.41) is 0. The molecule has 2 nitrogen and oxygen atoms in total. The maximum absolute atomic E-state index is 2.70. The van der Waals surface area contributed by atoms with Gasteiger partial charge in [0.25, 0.3) is 0 Å². The zero-order valence-electron chi connectivity index (χ0n) is 28.3. The summed E-state index contributed by atoms with van der Waals surface area (Å²) < 4.78 is 0. The second-order valence-corrected chi connectivity index (χ2v) is 13.2. The number of hydrogen-bond acceptors (Lipinski definition) is 2. The molecule has 0 saturated carbocycles. The van der Waals surface area contributed by atoms with E-state index < -0.39 is 0 Å². The van der Waals surface area contributed by atoms with Crippen LogP contribution in [0.5, 0.6) is 0 Å². The number of hydrogen-bond donors (Lipinski definition) is 0. The van der Waals surface area contributed by atoms with Crippen molar-refractivity contribution in [1.29, 1.82) is 0 Å². The Balaban J connectivity index is 2.09. The van der Waals surface area contributed by atoms with Crippen LogP contribution >= 0.6 is 0 Å². The monoisotopic (exact) mass is 561 g/mol. The summed E-state index contributed by atoms with van der Waals surface area (Å²) in [7, 11) is 0. The van der Waals surface area contributed by atoms with Gasteiger partial charge in [0, 0.05) is 25.5 Å². The van der Waals surface area contributed by atoms with Gasteiger partial charge in [-0.15, -0.1) is 0 Å². The van der Waals surface area contributed by atoms with E-state index in [0.29, 0.717) is 6.17 Å². The highest BCUT2D eigenvalue weighted by Gasteiger charge is 2.24. The minimum Gasteiger partial charge on any atom is -0.356 e. The summed E-state index contributed by atoms with van der Waals surface area (Å²) in [4.78, 5) is 5.38. The highest BCUT2D eigenvalue weighted by atomic mass is 15.4. The Kier molecular flexibility index (Phi) is 27.9. The summed E-state index contributed by atoms with van der Waals surface area (Å²) in [5.74, 6) is 0. The minimum atomic E-state index is 0.641. The van der Waals surface area contributed by atoms with Gasteiger partial charge in [0.15, 0.2) is 0 Å². The van der Waals surface area contributed by atoms with Gasteiger partial charge in [0.2, 0.25) is 0 Å².